The molecule has 0 aliphatic heterocycles. The van der Waals surface area contributed by atoms with Crippen molar-refractivity contribution in [1.29, 1.82) is 0 Å². The molecule has 1 fully saturated rings. The van der Waals surface area contributed by atoms with Crippen LogP contribution in [0.5, 0.6) is 11.5 Å². The molecule has 0 radical (unpaired) electrons. The molecule has 1 aliphatic rings. The molecular weight excluding hydrogens is 801 g/mol. The summed E-state index contributed by atoms with van der Waals surface area (Å²) in [7, 11) is 1.72. The van der Waals surface area contributed by atoms with Crippen molar-refractivity contribution >= 4 is 51.5 Å². The Bertz CT molecular complexity index is 2020. The minimum atomic E-state index is -0.485. The number of nitrogens with zero attached hydrogens (tertiary/aromatic N) is 2. The fourth-order valence-corrected chi connectivity index (χ4v) is 8.02. The van der Waals surface area contributed by atoms with E-state index in [1.165, 1.54) is 67.1 Å². The van der Waals surface area contributed by atoms with E-state index in [1.54, 1.807) is 37.5 Å². The summed E-state index contributed by atoms with van der Waals surface area (Å²) in [5.74, 6) is 1.57. The van der Waals surface area contributed by atoms with Crippen LogP contribution in [-0.4, -0.2) is 61.8 Å². The van der Waals surface area contributed by atoms with Crippen LogP contribution in [0, 0.1) is 17.8 Å². The number of esters is 3. The summed E-state index contributed by atoms with van der Waals surface area (Å²) in [6, 6.07) is 21.3. The van der Waals surface area contributed by atoms with Gasteiger partial charge in [-0.15, -0.1) is 11.3 Å². The van der Waals surface area contributed by atoms with E-state index in [2.05, 4.69) is 85.9 Å². The molecule has 1 heterocycles. The standard InChI is InChI=1S/C34H45NO5.C10H11NS.C7H10O3/c1-6-9-25-10-12-26(13-11-25)28-16-19-32(29(20-28)21-35-5)40-34(37)27-14-17-31(18-15-27)38-22-30(24(4)7-2)23-39-33(36)8-3;1-2-5-10-11-8-6-3-4-7-9(8)12-10;1-3-7(9)10-5-4-6(2)8/h8,14-21,24-26,30H,3,6-7,9-13,22-23H2,1-2,4-5H3;3-4,6-7H,2,5H2,1H3;3H,1,4-5H2,2H3. The quantitative estimate of drug-likeness (QED) is 0.0369. The smallest absolute Gasteiger partial charge is 0.343 e. The third-order valence-electron chi connectivity index (χ3n) is 10.8. The molecule has 0 saturated heterocycles. The first-order chi connectivity index (χ1) is 29.9. The summed E-state index contributed by atoms with van der Waals surface area (Å²) in [6.07, 6.45) is 15.1. The third kappa shape index (κ3) is 17.9. The summed E-state index contributed by atoms with van der Waals surface area (Å²) in [6.45, 7) is 17.6. The first-order valence-electron chi connectivity index (χ1n) is 21.9. The van der Waals surface area contributed by atoms with E-state index in [-0.39, 0.29) is 31.3 Å². The molecule has 0 N–H and O–H groups in total. The van der Waals surface area contributed by atoms with E-state index in [0.717, 1.165) is 42.0 Å². The van der Waals surface area contributed by atoms with Gasteiger partial charge >= 0.3 is 17.9 Å². The van der Waals surface area contributed by atoms with Crippen LogP contribution < -0.4 is 9.47 Å². The lowest BCUT2D eigenvalue weighted by atomic mass is 9.77. The number of rotatable bonds is 20. The molecule has 3 aromatic carbocycles. The number of ketones is 1. The van der Waals surface area contributed by atoms with Crippen LogP contribution in [0.4, 0.5) is 0 Å². The molecule has 1 aliphatic carbocycles. The van der Waals surface area contributed by atoms with Gasteiger partial charge in [0.15, 0.2) is 0 Å². The number of aromatic nitrogens is 1. The van der Waals surface area contributed by atoms with E-state index in [9.17, 15) is 19.2 Å². The van der Waals surface area contributed by atoms with E-state index in [4.69, 9.17) is 14.2 Å². The zero-order valence-electron chi connectivity index (χ0n) is 37.6. The van der Waals surface area contributed by atoms with Gasteiger partial charge in [0, 0.05) is 43.3 Å². The number of benzene rings is 3. The number of hydrogen-bond donors (Lipinski definition) is 0. The Balaban J connectivity index is 0.000000375. The summed E-state index contributed by atoms with van der Waals surface area (Å²) in [4.78, 5) is 53.8. The molecule has 62 heavy (non-hydrogen) atoms. The van der Waals surface area contributed by atoms with Gasteiger partial charge in [-0.3, -0.25) is 9.79 Å². The van der Waals surface area contributed by atoms with Gasteiger partial charge in [-0.05, 0) is 117 Å². The van der Waals surface area contributed by atoms with Gasteiger partial charge in [0.2, 0.25) is 0 Å². The lowest BCUT2D eigenvalue weighted by Gasteiger charge is -2.29. The topological polar surface area (TPSA) is 130 Å². The highest BCUT2D eigenvalue weighted by atomic mass is 32.1. The highest BCUT2D eigenvalue weighted by Crippen LogP contribution is 2.38. The fourth-order valence-electron chi connectivity index (χ4n) is 6.95. The molecule has 334 valence electrons. The predicted molar refractivity (Wildman–Crippen MR) is 251 cm³/mol. The second kappa shape index (κ2) is 28.2. The minimum Gasteiger partial charge on any atom is -0.493 e. The van der Waals surface area contributed by atoms with Gasteiger partial charge < -0.3 is 18.9 Å². The molecular formula is C51H66N2O8S. The van der Waals surface area contributed by atoms with Gasteiger partial charge in [-0.2, -0.15) is 0 Å². The lowest BCUT2D eigenvalue weighted by molar-refractivity contribution is -0.140. The van der Waals surface area contributed by atoms with Crippen molar-refractivity contribution in [3.63, 3.8) is 0 Å². The van der Waals surface area contributed by atoms with E-state index in [0.29, 0.717) is 35.5 Å². The van der Waals surface area contributed by atoms with Crippen LogP contribution in [0.2, 0.25) is 0 Å². The number of Topliss-reactive ketones (excluding diaryl/α,β-unsaturated/α-hetero) is 1. The molecule has 4 aromatic rings. The number of fused-ring (bicyclic) bond motifs is 1. The van der Waals surface area contributed by atoms with Gasteiger partial charge in [0.05, 0.1) is 40.6 Å². The zero-order chi connectivity index (χ0) is 45.3. The molecule has 0 spiro atoms. The Morgan fingerprint density at radius 3 is 2.19 bits per heavy atom. The Kier molecular flexibility index (Phi) is 23.2. The summed E-state index contributed by atoms with van der Waals surface area (Å²) < 4.78 is 22.8. The molecule has 1 aromatic heterocycles. The number of ether oxygens (including phenoxy) is 4. The molecule has 10 nitrogen and oxygen atoms in total. The largest absolute Gasteiger partial charge is 0.493 e. The summed E-state index contributed by atoms with van der Waals surface area (Å²) in [5.41, 5.74) is 3.69. The second-order valence-electron chi connectivity index (χ2n) is 15.5. The summed E-state index contributed by atoms with van der Waals surface area (Å²) >= 11 is 1.81. The number of para-hydroxylation sites is 1. The lowest BCUT2D eigenvalue weighted by Crippen LogP contribution is -2.25. The summed E-state index contributed by atoms with van der Waals surface area (Å²) in [5, 5.41) is 1.26. The maximum absolute atomic E-state index is 13.0. The third-order valence-corrected chi connectivity index (χ3v) is 11.9. The maximum atomic E-state index is 13.0. The molecule has 11 heteroatoms. The van der Waals surface area contributed by atoms with Crippen molar-refractivity contribution in [2.75, 3.05) is 26.9 Å². The van der Waals surface area contributed by atoms with Gasteiger partial charge in [0.25, 0.3) is 0 Å². The number of aliphatic imine (C=N–C) groups is 1. The number of thiazole rings is 1. The number of aryl methyl sites for hydroxylation is 1. The van der Waals surface area contributed by atoms with Crippen LogP contribution in [-0.2, 0) is 30.3 Å². The molecule has 0 bridgehead atoms. The molecule has 5 rings (SSSR count). The Labute approximate surface area is 372 Å². The molecule has 0 amide bonds. The van der Waals surface area contributed by atoms with Crippen molar-refractivity contribution in [1.82, 2.24) is 4.98 Å². The first-order valence-corrected chi connectivity index (χ1v) is 22.7. The average Bonchev–Trinajstić information content (AvgIpc) is 3.70. The van der Waals surface area contributed by atoms with Crippen LogP contribution >= 0.6 is 11.3 Å². The van der Waals surface area contributed by atoms with Gasteiger partial charge in [-0.1, -0.05) is 78.3 Å². The van der Waals surface area contributed by atoms with E-state index in [1.807, 2.05) is 23.5 Å². The van der Waals surface area contributed by atoms with Crippen molar-refractivity contribution in [3.05, 3.63) is 114 Å². The van der Waals surface area contributed by atoms with E-state index < -0.39 is 17.9 Å². The fraction of sp³-hybridized carbons (Fsp3) is 0.451. The Morgan fingerprint density at radius 1 is 0.887 bits per heavy atom. The molecule has 2 unspecified atom stereocenters. The number of carbonyl (C=O) groups is 4. The van der Waals surface area contributed by atoms with Crippen molar-refractivity contribution < 1.29 is 38.1 Å². The highest BCUT2D eigenvalue weighted by Gasteiger charge is 2.23. The van der Waals surface area contributed by atoms with Crippen LogP contribution in [0.1, 0.15) is 125 Å². The molecule has 1 saturated carbocycles. The monoisotopic (exact) mass is 866 g/mol. The normalized spacial score (nSPS) is 15.5. The Hall–Kier alpha value is -5.42. The SMILES string of the molecule is C=CC(=O)OCC(COc1ccc(C(=O)Oc2ccc(C3CCC(CCC)CC3)cc2C=NC)cc1)C(C)CC.C=CC(=O)OCCC(C)=O.CCCc1nc2ccccc2s1. The highest BCUT2D eigenvalue weighted by molar-refractivity contribution is 7.18. The van der Waals surface area contributed by atoms with Gasteiger partial charge in [-0.25, -0.2) is 19.4 Å². The van der Waals surface area contributed by atoms with Crippen molar-refractivity contribution in [2.45, 2.75) is 105 Å². The van der Waals surface area contributed by atoms with Crippen LogP contribution in [0.15, 0.2) is 97.0 Å². The average molecular weight is 867 g/mol. The Morgan fingerprint density at radius 2 is 1.58 bits per heavy atom. The van der Waals surface area contributed by atoms with E-state index >= 15 is 0 Å². The van der Waals surface area contributed by atoms with Crippen molar-refractivity contribution in [3.8, 4) is 11.5 Å². The zero-order valence-corrected chi connectivity index (χ0v) is 38.4. The maximum Gasteiger partial charge on any atom is 0.343 e. The number of carbonyl (C=O) groups excluding carboxylic acids is 4. The second-order valence-corrected chi connectivity index (χ2v) is 16.7. The first kappa shape index (κ1) is 50.9. The van der Waals surface area contributed by atoms with Crippen LogP contribution in [0.3, 0.4) is 0 Å². The minimum absolute atomic E-state index is 0.0110. The van der Waals surface area contributed by atoms with Gasteiger partial charge in [0.1, 0.15) is 17.3 Å². The molecule has 2 atom stereocenters. The predicted octanol–water partition coefficient (Wildman–Crippen LogP) is 11.7. The van der Waals surface area contributed by atoms with Crippen molar-refractivity contribution in [2.24, 2.45) is 22.7 Å². The number of hydrogen-bond acceptors (Lipinski definition) is 11. The van der Waals surface area contributed by atoms with Crippen LogP contribution in [0.25, 0.3) is 10.2 Å².